The maximum Gasteiger partial charge on any atom is 0.419 e. The summed E-state index contributed by atoms with van der Waals surface area (Å²) in [7, 11) is 3.31. The van der Waals surface area contributed by atoms with Crippen molar-refractivity contribution < 1.29 is 36.7 Å². The van der Waals surface area contributed by atoms with Gasteiger partial charge in [-0.15, -0.1) is 0 Å². The Labute approximate surface area is 188 Å². The van der Waals surface area contributed by atoms with Crippen LogP contribution < -0.4 is 5.32 Å². The molecule has 1 saturated carbocycles. The van der Waals surface area contributed by atoms with Gasteiger partial charge in [-0.3, -0.25) is 9.69 Å². The number of amides is 1. The van der Waals surface area contributed by atoms with Crippen LogP contribution in [0.3, 0.4) is 0 Å². The van der Waals surface area contributed by atoms with E-state index in [9.17, 15) is 27.5 Å². The Morgan fingerprint density at radius 3 is 2.76 bits per heavy atom. The van der Waals surface area contributed by atoms with Crippen molar-refractivity contribution in [2.24, 2.45) is 0 Å². The third kappa shape index (κ3) is 6.30. The minimum absolute atomic E-state index is 0.0146. The molecule has 11 heteroatoms. The van der Waals surface area contributed by atoms with Gasteiger partial charge >= 0.3 is 6.18 Å². The summed E-state index contributed by atoms with van der Waals surface area (Å²) in [5.74, 6) is -1.95. The molecule has 0 radical (unpaired) electrons. The maximum absolute atomic E-state index is 14.2. The largest absolute Gasteiger partial charge is 0.419 e. The molecule has 1 aromatic carbocycles. The minimum Gasteiger partial charge on any atom is -0.393 e. The first-order chi connectivity index (χ1) is 15.6. The lowest BCUT2D eigenvalue weighted by atomic mass is 9.93. The van der Waals surface area contributed by atoms with Crippen LogP contribution in [0.5, 0.6) is 0 Å². The fraction of sp³-hybridized carbons (Fsp3) is 0.545. The molecule has 0 bridgehead atoms. The number of halogens is 4. The topological polar surface area (TPSA) is 87.8 Å². The van der Waals surface area contributed by atoms with Gasteiger partial charge in [-0.05, 0) is 44.9 Å². The van der Waals surface area contributed by atoms with E-state index in [1.54, 1.807) is 14.2 Å². The number of methoxy groups -OCH3 is 1. The van der Waals surface area contributed by atoms with Gasteiger partial charge in [0.05, 0.1) is 18.3 Å². The second-order valence-electron chi connectivity index (χ2n) is 8.25. The summed E-state index contributed by atoms with van der Waals surface area (Å²) in [4.78, 5) is 14.8. The van der Waals surface area contributed by atoms with Gasteiger partial charge in [0.2, 0.25) is 0 Å². The molecule has 2 N–H and O–H groups in total. The van der Waals surface area contributed by atoms with Crippen LogP contribution in [0.1, 0.15) is 47.3 Å². The molecule has 1 aromatic heterocycles. The molecule has 182 valence electrons. The lowest BCUT2D eigenvalue weighted by Gasteiger charge is -2.26. The highest BCUT2D eigenvalue weighted by molar-refractivity contribution is 5.95. The zero-order valence-corrected chi connectivity index (χ0v) is 18.4. The summed E-state index contributed by atoms with van der Waals surface area (Å²) >= 11 is 0. The Hall–Kier alpha value is -2.50. The van der Waals surface area contributed by atoms with Crippen LogP contribution >= 0.6 is 0 Å². The van der Waals surface area contributed by atoms with Gasteiger partial charge in [-0.25, -0.2) is 4.39 Å². The zero-order chi connectivity index (χ0) is 24.2. The van der Waals surface area contributed by atoms with Gasteiger partial charge < -0.3 is 19.7 Å². The maximum atomic E-state index is 14.2. The molecule has 0 saturated heterocycles. The minimum atomic E-state index is -4.83. The second kappa shape index (κ2) is 10.6. The van der Waals surface area contributed by atoms with Crippen molar-refractivity contribution >= 4 is 5.91 Å². The predicted molar refractivity (Wildman–Crippen MR) is 111 cm³/mol. The quantitative estimate of drug-likeness (QED) is 0.570. The van der Waals surface area contributed by atoms with E-state index in [-0.39, 0.29) is 29.6 Å². The number of benzene rings is 1. The van der Waals surface area contributed by atoms with E-state index in [1.165, 1.54) is 0 Å². The number of carbonyl (C=O) groups excluding carboxylic acids is 1. The van der Waals surface area contributed by atoms with Crippen molar-refractivity contribution in [2.75, 3.05) is 27.3 Å². The van der Waals surface area contributed by atoms with Crippen LogP contribution in [-0.4, -0.2) is 60.5 Å². The number of nitrogens with zero attached hydrogens (tertiary/aromatic N) is 2. The summed E-state index contributed by atoms with van der Waals surface area (Å²) < 4.78 is 63.4. The SMILES string of the molecule is COCCN(C)Cc1c(C(=O)N[C@H]2CCC[C@@H](O)C2)noc1-c1ccc(C(F)(F)F)c(F)c1. The highest BCUT2D eigenvalue weighted by Crippen LogP contribution is 2.35. The van der Waals surface area contributed by atoms with E-state index in [2.05, 4.69) is 10.5 Å². The Bertz CT molecular complexity index is 964. The molecule has 1 heterocycles. The van der Waals surface area contributed by atoms with Gasteiger partial charge in [0.15, 0.2) is 11.5 Å². The first kappa shape index (κ1) is 25.1. The second-order valence-corrected chi connectivity index (χ2v) is 8.25. The monoisotopic (exact) mass is 473 g/mol. The lowest BCUT2D eigenvalue weighted by Crippen LogP contribution is -2.40. The fourth-order valence-corrected chi connectivity index (χ4v) is 3.89. The van der Waals surface area contributed by atoms with Crippen LogP contribution in [-0.2, 0) is 17.5 Å². The molecule has 1 aliphatic carbocycles. The van der Waals surface area contributed by atoms with Gasteiger partial charge in [0.1, 0.15) is 5.82 Å². The first-order valence-electron chi connectivity index (χ1n) is 10.6. The smallest absolute Gasteiger partial charge is 0.393 e. The summed E-state index contributed by atoms with van der Waals surface area (Å²) in [6.07, 6.45) is -2.75. The molecular formula is C22H27F4N3O4. The number of aromatic nitrogens is 1. The molecule has 33 heavy (non-hydrogen) atoms. The van der Waals surface area contributed by atoms with Gasteiger partial charge in [-0.1, -0.05) is 11.2 Å². The van der Waals surface area contributed by atoms with Crippen molar-refractivity contribution in [2.45, 2.75) is 50.6 Å². The van der Waals surface area contributed by atoms with Crippen LogP contribution in [0.25, 0.3) is 11.3 Å². The van der Waals surface area contributed by atoms with E-state index in [4.69, 9.17) is 9.26 Å². The number of aliphatic hydroxyl groups excluding tert-OH is 1. The molecule has 0 spiro atoms. The average molecular weight is 473 g/mol. The molecule has 1 aliphatic rings. The van der Waals surface area contributed by atoms with Crippen molar-refractivity contribution in [3.63, 3.8) is 0 Å². The molecule has 1 fully saturated rings. The normalized spacial score (nSPS) is 19.2. The van der Waals surface area contributed by atoms with E-state index < -0.39 is 29.6 Å². The number of hydrogen-bond donors (Lipinski definition) is 2. The molecule has 3 rings (SSSR count). The molecule has 0 aliphatic heterocycles. The van der Waals surface area contributed by atoms with Crippen molar-refractivity contribution in [3.8, 4) is 11.3 Å². The number of carbonyl (C=O) groups is 1. The van der Waals surface area contributed by atoms with E-state index in [0.717, 1.165) is 18.6 Å². The summed E-state index contributed by atoms with van der Waals surface area (Å²) in [5, 5.41) is 16.6. The summed E-state index contributed by atoms with van der Waals surface area (Å²) in [5.41, 5.74) is -1.06. The lowest BCUT2D eigenvalue weighted by molar-refractivity contribution is -0.139. The molecule has 2 atom stereocenters. The Morgan fingerprint density at radius 1 is 1.36 bits per heavy atom. The van der Waals surface area contributed by atoms with Crippen molar-refractivity contribution in [3.05, 3.63) is 40.8 Å². The fourth-order valence-electron chi connectivity index (χ4n) is 3.89. The van der Waals surface area contributed by atoms with Gasteiger partial charge in [0, 0.05) is 37.4 Å². The number of hydrogen-bond acceptors (Lipinski definition) is 6. The van der Waals surface area contributed by atoms with E-state index >= 15 is 0 Å². The van der Waals surface area contributed by atoms with Crippen LogP contribution in [0.4, 0.5) is 17.6 Å². The predicted octanol–water partition coefficient (Wildman–Crippen LogP) is 3.61. The summed E-state index contributed by atoms with van der Waals surface area (Å²) in [6, 6.07) is 2.21. The number of nitrogens with one attached hydrogen (secondary N) is 1. The number of aliphatic hydroxyl groups is 1. The molecule has 1 amide bonds. The number of rotatable bonds is 8. The first-order valence-corrected chi connectivity index (χ1v) is 10.6. The zero-order valence-electron chi connectivity index (χ0n) is 18.4. The van der Waals surface area contributed by atoms with Crippen LogP contribution in [0.2, 0.25) is 0 Å². The molecule has 7 nitrogen and oxygen atoms in total. The van der Waals surface area contributed by atoms with Gasteiger partial charge in [-0.2, -0.15) is 13.2 Å². The number of likely N-dealkylation sites (N-methyl/N-ethyl adjacent to an activating group) is 1. The highest BCUT2D eigenvalue weighted by Gasteiger charge is 2.35. The number of alkyl halides is 3. The Kier molecular flexibility index (Phi) is 8.09. The van der Waals surface area contributed by atoms with Crippen molar-refractivity contribution in [1.82, 2.24) is 15.4 Å². The molecular weight excluding hydrogens is 446 g/mol. The average Bonchev–Trinajstić information content (AvgIpc) is 3.14. The molecule has 2 aromatic rings. The van der Waals surface area contributed by atoms with E-state index in [0.29, 0.717) is 44.0 Å². The summed E-state index contributed by atoms with van der Waals surface area (Å²) in [6.45, 7) is 1.08. The Morgan fingerprint density at radius 2 is 2.12 bits per heavy atom. The standard InChI is InChI=1S/C22H27F4N3O4/c1-29(8-9-32-2)12-16-19(21(31)27-14-4-3-5-15(30)11-14)28-33-20(16)13-6-7-17(18(23)10-13)22(24,25)26/h6-7,10,14-15,30H,3-5,8-9,11-12H2,1-2H3,(H,27,31)/t14-,15+/m0/s1. The third-order valence-corrected chi connectivity index (χ3v) is 5.63. The molecule has 0 unspecified atom stereocenters. The van der Waals surface area contributed by atoms with Gasteiger partial charge in [0.25, 0.3) is 5.91 Å². The van der Waals surface area contributed by atoms with Crippen molar-refractivity contribution in [1.29, 1.82) is 0 Å². The third-order valence-electron chi connectivity index (χ3n) is 5.63. The van der Waals surface area contributed by atoms with Crippen LogP contribution in [0, 0.1) is 5.82 Å². The van der Waals surface area contributed by atoms with E-state index in [1.807, 2.05) is 4.90 Å². The Balaban J connectivity index is 1.92. The van der Waals surface area contributed by atoms with Crippen LogP contribution in [0.15, 0.2) is 22.7 Å². The highest BCUT2D eigenvalue weighted by atomic mass is 19.4. The number of ether oxygens (including phenoxy) is 1.